The third kappa shape index (κ3) is 5.86. The van der Waals surface area contributed by atoms with Gasteiger partial charge in [-0.25, -0.2) is 19.1 Å². The average Bonchev–Trinajstić information content (AvgIpc) is 3.07. The third-order valence-electron chi connectivity index (χ3n) is 4.49. The number of alkyl halides is 9. The Morgan fingerprint density at radius 2 is 1.74 bits per heavy atom. The van der Waals surface area contributed by atoms with Crippen LogP contribution in [0, 0.1) is 0 Å². The molecule has 0 bridgehead atoms. The topological polar surface area (TPSA) is 66.2 Å². The SMILES string of the molecule is CCS(=O)c1cc(OC(F)(F)C(F)OC(F)(F)F)ccc1-c1nc2cc(C(F)(F)F)cnc2n1C. The molecule has 2 heterocycles. The van der Waals surface area contributed by atoms with Crippen LogP contribution in [0.15, 0.2) is 35.4 Å². The molecular weight excluding hydrogens is 521 g/mol. The van der Waals surface area contributed by atoms with Crippen molar-refractivity contribution >= 4 is 22.0 Å². The Hall–Kier alpha value is -2.88. The van der Waals surface area contributed by atoms with Crippen LogP contribution in [0.1, 0.15) is 12.5 Å². The average molecular weight is 535 g/mol. The molecule has 2 aromatic heterocycles. The number of fused-ring (bicyclic) bond motifs is 1. The number of pyridine rings is 1. The molecule has 0 aliphatic heterocycles. The number of aryl methyl sites for hydroxylation is 1. The molecule has 0 spiro atoms. The fraction of sp³-hybridized carbons (Fsp3) is 0.368. The highest BCUT2D eigenvalue weighted by Gasteiger charge is 2.50. The lowest BCUT2D eigenvalue weighted by atomic mass is 10.2. The Bertz CT molecular complexity index is 1260. The summed E-state index contributed by atoms with van der Waals surface area (Å²) < 4.78 is 137. The minimum atomic E-state index is -5.70. The lowest BCUT2D eigenvalue weighted by Crippen LogP contribution is -2.41. The van der Waals surface area contributed by atoms with E-state index in [9.17, 15) is 43.7 Å². The van der Waals surface area contributed by atoms with E-state index in [1.165, 1.54) is 18.5 Å². The fourth-order valence-corrected chi connectivity index (χ4v) is 3.92. The predicted molar refractivity (Wildman–Crippen MR) is 104 cm³/mol. The number of hydrogen-bond donors (Lipinski definition) is 0. The lowest BCUT2D eigenvalue weighted by molar-refractivity contribution is -0.411. The first-order valence-corrected chi connectivity index (χ1v) is 10.7. The van der Waals surface area contributed by atoms with Crippen molar-refractivity contribution in [1.82, 2.24) is 14.5 Å². The molecule has 6 nitrogen and oxygen atoms in total. The number of hydrogen-bond acceptors (Lipinski definition) is 5. The van der Waals surface area contributed by atoms with Gasteiger partial charge in [-0.3, -0.25) is 4.21 Å². The first-order chi connectivity index (χ1) is 16.0. The zero-order valence-corrected chi connectivity index (χ0v) is 18.4. The second-order valence-corrected chi connectivity index (χ2v) is 8.60. The van der Waals surface area contributed by atoms with Gasteiger partial charge in [-0.15, -0.1) is 13.2 Å². The summed E-state index contributed by atoms with van der Waals surface area (Å²) in [5, 5.41) is 0. The number of halogens is 9. The Labute approximate surface area is 193 Å². The molecule has 0 fully saturated rings. The molecule has 0 saturated heterocycles. The zero-order chi connectivity index (χ0) is 26.3. The van der Waals surface area contributed by atoms with E-state index in [0.717, 1.165) is 24.3 Å². The lowest BCUT2D eigenvalue weighted by Gasteiger charge is -2.22. The Morgan fingerprint density at radius 3 is 2.31 bits per heavy atom. The monoisotopic (exact) mass is 535 g/mol. The van der Waals surface area contributed by atoms with Gasteiger partial charge in [0.1, 0.15) is 17.1 Å². The van der Waals surface area contributed by atoms with E-state index in [0.29, 0.717) is 6.20 Å². The van der Waals surface area contributed by atoms with Crippen LogP contribution in [0.4, 0.5) is 39.5 Å². The summed E-state index contributed by atoms with van der Waals surface area (Å²) in [5.74, 6) is -0.943. The van der Waals surface area contributed by atoms with Crippen molar-refractivity contribution in [3.05, 3.63) is 36.0 Å². The molecule has 3 aromatic rings. The predicted octanol–water partition coefficient (Wildman–Crippen LogP) is 5.59. The van der Waals surface area contributed by atoms with Crippen molar-refractivity contribution in [3.8, 4) is 17.1 Å². The summed E-state index contributed by atoms with van der Waals surface area (Å²) >= 11 is 0. The second-order valence-electron chi connectivity index (χ2n) is 6.89. The highest BCUT2D eigenvalue weighted by atomic mass is 32.2. The molecule has 0 aliphatic rings. The molecule has 192 valence electrons. The van der Waals surface area contributed by atoms with Gasteiger partial charge in [-0.2, -0.15) is 22.0 Å². The van der Waals surface area contributed by atoms with Crippen LogP contribution in [-0.4, -0.2) is 43.3 Å². The number of nitrogens with zero attached hydrogens (tertiary/aromatic N) is 3. The Balaban J connectivity index is 2.05. The van der Waals surface area contributed by atoms with Gasteiger partial charge in [-0.05, 0) is 24.3 Å². The van der Waals surface area contributed by atoms with Crippen LogP contribution in [0.5, 0.6) is 5.75 Å². The second kappa shape index (κ2) is 9.29. The maximum Gasteiger partial charge on any atom is 0.525 e. The highest BCUT2D eigenvalue weighted by Crippen LogP contribution is 2.36. The van der Waals surface area contributed by atoms with Gasteiger partial charge in [0.05, 0.1) is 21.3 Å². The first kappa shape index (κ1) is 26.7. The van der Waals surface area contributed by atoms with Crippen LogP contribution >= 0.6 is 0 Å². The van der Waals surface area contributed by atoms with Gasteiger partial charge < -0.3 is 9.30 Å². The summed E-state index contributed by atoms with van der Waals surface area (Å²) in [6.45, 7) is 1.46. The summed E-state index contributed by atoms with van der Waals surface area (Å²) in [7, 11) is -0.507. The van der Waals surface area contributed by atoms with Crippen molar-refractivity contribution < 1.29 is 53.2 Å². The van der Waals surface area contributed by atoms with E-state index in [4.69, 9.17) is 0 Å². The molecule has 1 aromatic carbocycles. The van der Waals surface area contributed by atoms with Gasteiger partial charge >= 0.3 is 25.0 Å². The van der Waals surface area contributed by atoms with Crippen LogP contribution in [0.25, 0.3) is 22.6 Å². The van der Waals surface area contributed by atoms with Crippen molar-refractivity contribution in [2.45, 2.75) is 36.8 Å². The van der Waals surface area contributed by atoms with Gasteiger partial charge in [-0.1, -0.05) is 6.92 Å². The molecule has 0 radical (unpaired) electrons. The number of imidazole rings is 1. The zero-order valence-electron chi connectivity index (χ0n) is 17.5. The van der Waals surface area contributed by atoms with E-state index in [2.05, 4.69) is 19.4 Å². The number of ether oxygens (including phenoxy) is 2. The molecule has 0 saturated carbocycles. The quantitative estimate of drug-likeness (QED) is 0.370. The van der Waals surface area contributed by atoms with Crippen LogP contribution in [-0.2, 0) is 28.8 Å². The summed E-state index contributed by atoms with van der Waals surface area (Å²) in [6, 6.07) is 3.38. The number of aromatic nitrogens is 3. The largest absolute Gasteiger partial charge is 0.525 e. The number of rotatable bonds is 7. The summed E-state index contributed by atoms with van der Waals surface area (Å²) in [5.41, 5.74) is -1.18. The van der Waals surface area contributed by atoms with Gasteiger partial charge in [0.15, 0.2) is 5.65 Å². The molecule has 3 rings (SSSR count). The molecule has 16 heteroatoms. The normalized spacial score (nSPS) is 14.8. The van der Waals surface area contributed by atoms with Gasteiger partial charge in [0.2, 0.25) is 0 Å². The van der Waals surface area contributed by atoms with Crippen molar-refractivity contribution in [1.29, 1.82) is 0 Å². The highest BCUT2D eigenvalue weighted by molar-refractivity contribution is 7.85. The third-order valence-corrected chi connectivity index (χ3v) is 5.85. The summed E-state index contributed by atoms with van der Waals surface area (Å²) in [6.07, 6.45) is -19.1. The Morgan fingerprint density at radius 1 is 1.09 bits per heavy atom. The first-order valence-electron chi connectivity index (χ1n) is 9.41. The van der Waals surface area contributed by atoms with Gasteiger partial charge in [0, 0.05) is 24.6 Å². The van der Waals surface area contributed by atoms with Crippen molar-refractivity contribution in [2.75, 3.05) is 5.75 Å². The summed E-state index contributed by atoms with van der Waals surface area (Å²) in [4.78, 5) is 7.62. The molecule has 2 atom stereocenters. The number of benzene rings is 1. The maximum atomic E-state index is 13.8. The van der Waals surface area contributed by atoms with Crippen molar-refractivity contribution in [2.24, 2.45) is 7.05 Å². The fourth-order valence-electron chi connectivity index (χ4n) is 2.96. The van der Waals surface area contributed by atoms with Crippen LogP contribution in [0.3, 0.4) is 0 Å². The van der Waals surface area contributed by atoms with E-state index in [1.807, 2.05) is 0 Å². The van der Waals surface area contributed by atoms with E-state index in [1.54, 1.807) is 0 Å². The minimum absolute atomic E-state index is 0.0256. The Kier molecular flexibility index (Phi) is 7.09. The molecule has 2 unspecified atom stereocenters. The molecular formula is C19H14F9N3O3S. The minimum Gasteiger partial charge on any atom is -0.428 e. The van der Waals surface area contributed by atoms with Crippen LogP contribution < -0.4 is 4.74 Å². The standard InChI is InChI=1S/C19H14F9N3O3S/c1-3-35(32)13-7-10(33-18(24,25)16(20)34-19(26,27)28)4-5-11(13)14-30-12-6-9(17(21,22)23)8-29-15(12)31(14)2/h4-8,16H,3H2,1-2H3. The van der Waals surface area contributed by atoms with Crippen LogP contribution in [0.2, 0.25) is 0 Å². The van der Waals surface area contributed by atoms with Gasteiger partial charge in [0.25, 0.3) is 0 Å². The maximum absolute atomic E-state index is 13.8. The van der Waals surface area contributed by atoms with Crippen molar-refractivity contribution in [3.63, 3.8) is 0 Å². The van der Waals surface area contributed by atoms with E-state index >= 15 is 0 Å². The molecule has 0 amide bonds. The smallest absolute Gasteiger partial charge is 0.428 e. The van der Waals surface area contributed by atoms with E-state index in [-0.39, 0.29) is 33.2 Å². The molecule has 35 heavy (non-hydrogen) atoms. The molecule has 0 N–H and O–H groups in total. The molecule has 0 aliphatic carbocycles. The van der Waals surface area contributed by atoms with E-state index < -0.39 is 47.1 Å².